The fourth-order valence-electron chi connectivity index (χ4n) is 0.907. The predicted octanol–water partition coefficient (Wildman–Crippen LogP) is 1.67. The van der Waals surface area contributed by atoms with Crippen LogP contribution in [-0.4, -0.2) is 49.6 Å². The average Bonchev–Trinajstić information content (AvgIpc) is 1.98. The molecule has 0 spiro atoms. The molecule has 2 heteroatoms. The third-order valence-corrected chi connectivity index (χ3v) is 2.66. The van der Waals surface area contributed by atoms with Gasteiger partial charge in [0, 0.05) is 12.1 Å². The summed E-state index contributed by atoms with van der Waals surface area (Å²) in [6, 6.07) is 1.35. The Kier molecular flexibility index (Phi) is 5.51. The first kappa shape index (κ1) is 11.9. The molecule has 0 saturated heterocycles. The van der Waals surface area contributed by atoms with E-state index >= 15 is 0 Å². The second-order valence-electron chi connectivity index (χ2n) is 4.18. The molecule has 0 aromatic rings. The largest absolute Gasteiger partial charge is 0.307 e. The van der Waals surface area contributed by atoms with Gasteiger partial charge >= 0.3 is 0 Å². The number of hydrogen-bond donors (Lipinski definition) is 0. The maximum absolute atomic E-state index is 2.39. The van der Waals surface area contributed by atoms with Gasteiger partial charge in [0.05, 0.1) is 0 Å². The monoisotopic (exact) mass is 172 g/mol. The van der Waals surface area contributed by atoms with Crippen molar-refractivity contribution in [2.45, 2.75) is 39.3 Å². The number of hydrogen-bond acceptors (Lipinski definition) is 2. The molecule has 0 radical (unpaired) electrons. The van der Waals surface area contributed by atoms with Crippen LogP contribution in [0.2, 0.25) is 0 Å². The molecule has 0 aliphatic heterocycles. The van der Waals surface area contributed by atoms with Crippen LogP contribution in [0, 0.1) is 0 Å². The summed E-state index contributed by atoms with van der Waals surface area (Å²) >= 11 is 0. The Labute approximate surface area is 77.5 Å². The highest BCUT2D eigenvalue weighted by Crippen LogP contribution is 2.01. The topological polar surface area (TPSA) is 6.48 Å². The highest BCUT2D eigenvalue weighted by molar-refractivity contribution is 4.64. The zero-order valence-corrected chi connectivity index (χ0v) is 9.46. The lowest BCUT2D eigenvalue weighted by atomic mass is 10.2. The van der Waals surface area contributed by atoms with Crippen LogP contribution in [0.1, 0.15) is 27.2 Å². The minimum Gasteiger partial charge on any atom is -0.307 e. The van der Waals surface area contributed by atoms with Crippen LogP contribution in [-0.2, 0) is 0 Å². The summed E-state index contributed by atoms with van der Waals surface area (Å²) in [6.45, 7) is 7.94. The maximum Gasteiger partial charge on any atom is 0.00730 e. The highest BCUT2D eigenvalue weighted by Gasteiger charge is 2.07. The van der Waals surface area contributed by atoms with Crippen LogP contribution >= 0.6 is 0 Å². The molecule has 74 valence electrons. The zero-order valence-electron chi connectivity index (χ0n) is 9.46. The van der Waals surface area contributed by atoms with E-state index in [4.69, 9.17) is 0 Å². The van der Waals surface area contributed by atoms with E-state index in [1.54, 1.807) is 0 Å². The van der Waals surface area contributed by atoms with E-state index in [0.717, 1.165) is 0 Å². The number of rotatable bonds is 5. The van der Waals surface area contributed by atoms with Crippen LogP contribution in [0.15, 0.2) is 0 Å². The molecule has 0 aromatic carbocycles. The summed E-state index contributed by atoms with van der Waals surface area (Å²) in [7, 11) is 6.47. The molecular weight excluding hydrogens is 148 g/mol. The van der Waals surface area contributed by atoms with Gasteiger partial charge in [-0.2, -0.15) is 0 Å². The molecule has 0 amide bonds. The molecule has 0 fully saturated rings. The molecule has 2 nitrogen and oxygen atoms in total. The molecule has 0 aromatic heterocycles. The normalized spacial score (nSPS) is 14.8. The van der Waals surface area contributed by atoms with E-state index in [9.17, 15) is 0 Å². The summed E-state index contributed by atoms with van der Waals surface area (Å²) in [4.78, 5) is 4.66. The van der Waals surface area contributed by atoms with Gasteiger partial charge in [0.2, 0.25) is 0 Å². The van der Waals surface area contributed by atoms with Gasteiger partial charge in [-0.1, -0.05) is 0 Å². The Balaban J connectivity index is 3.54. The van der Waals surface area contributed by atoms with E-state index in [1.165, 1.54) is 13.0 Å². The number of nitrogens with zero attached hydrogens (tertiary/aromatic N) is 2. The molecule has 0 bridgehead atoms. The third-order valence-electron chi connectivity index (χ3n) is 2.66. The van der Waals surface area contributed by atoms with Crippen molar-refractivity contribution in [1.82, 2.24) is 9.80 Å². The van der Waals surface area contributed by atoms with Crippen LogP contribution in [0.3, 0.4) is 0 Å². The molecule has 1 unspecified atom stereocenters. The van der Waals surface area contributed by atoms with E-state index < -0.39 is 0 Å². The Morgan fingerprint density at radius 3 is 1.83 bits per heavy atom. The van der Waals surface area contributed by atoms with Crippen molar-refractivity contribution in [3.8, 4) is 0 Å². The maximum atomic E-state index is 2.39. The second-order valence-corrected chi connectivity index (χ2v) is 4.18. The summed E-state index contributed by atoms with van der Waals surface area (Å²) in [5.41, 5.74) is 0. The Bertz CT molecular complexity index is 96.4. The standard InChI is InChI=1S/C10H24N2/c1-9(2)12(6)8-7-10(3)11(4)5/h9-10H,7-8H2,1-6H3. The van der Waals surface area contributed by atoms with Crippen molar-refractivity contribution >= 4 is 0 Å². The minimum atomic E-state index is 0.666. The molecular formula is C10H24N2. The first-order valence-corrected chi connectivity index (χ1v) is 4.81. The van der Waals surface area contributed by atoms with Gasteiger partial charge in [-0.25, -0.2) is 0 Å². The van der Waals surface area contributed by atoms with Gasteiger partial charge in [0.25, 0.3) is 0 Å². The highest BCUT2D eigenvalue weighted by atomic mass is 15.1. The summed E-state index contributed by atoms with van der Waals surface area (Å²) in [5, 5.41) is 0. The molecule has 0 aliphatic rings. The van der Waals surface area contributed by atoms with E-state index in [2.05, 4.69) is 51.7 Å². The Morgan fingerprint density at radius 2 is 1.50 bits per heavy atom. The van der Waals surface area contributed by atoms with Gasteiger partial charge < -0.3 is 9.80 Å². The summed E-state index contributed by atoms with van der Waals surface area (Å²) < 4.78 is 0. The van der Waals surface area contributed by atoms with Gasteiger partial charge in [0.15, 0.2) is 0 Å². The fraction of sp³-hybridized carbons (Fsp3) is 1.00. The van der Waals surface area contributed by atoms with E-state index in [0.29, 0.717) is 12.1 Å². The van der Waals surface area contributed by atoms with Gasteiger partial charge in [-0.15, -0.1) is 0 Å². The van der Waals surface area contributed by atoms with Crippen LogP contribution in [0.5, 0.6) is 0 Å². The van der Waals surface area contributed by atoms with Crippen molar-refractivity contribution in [2.24, 2.45) is 0 Å². The molecule has 0 heterocycles. The quantitative estimate of drug-likeness (QED) is 0.622. The fourth-order valence-corrected chi connectivity index (χ4v) is 0.907. The van der Waals surface area contributed by atoms with Crippen molar-refractivity contribution < 1.29 is 0 Å². The van der Waals surface area contributed by atoms with Crippen LogP contribution in [0.4, 0.5) is 0 Å². The first-order chi connectivity index (χ1) is 5.45. The average molecular weight is 172 g/mol. The first-order valence-electron chi connectivity index (χ1n) is 4.81. The SMILES string of the molecule is CC(CCN(C)C(C)C)N(C)C. The molecule has 0 saturated carbocycles. The molecule has 12 heavy (non-hydrogen) atoms. The van der Waals surface area contributed by atoms with Crippen molar-refractivity contribution in [2.75, 3.05) is 27.7 Å². The zero-order chi connectivity index (χ0) is 9.72. The third kappa shape index (κ3) is 4.73. The van der Waals surface area contributed by atoms with Gasteiger partial charge in [0.1, 0.15) is 0 Å². The van der Waals surface area contributed by atoms with Gasteiger partial charge in [-0.05, 0) is 54.9 Å². The smallest absolute Gasteiger partial charge is 0.00730 e. The predicted molar refractivity (Wildman–Crippen MR) is 55.5 cm³/mol. The van der Waals surface area contributed by atoms with Crippen LogP contribution < -0.4 is 0 Å². The second kappa shape index (κ2) is 5.55. The van der Waals surface area contributed by atoms with E-state index in [-0.39, 0.29) is 0 Å². The van der Waals surface area contributed by atoms with Crippen LogP contribution in [0.25, 0.3) is 0 Å². The lowest BCUT2D eigenvalue weighted by Crippen LogP contribution is -2.33. The van der Waals surface area contributed by atoms with Crippen molar-refractivity contribution in [3.05, 3.63) is 0 Å². The minimum absolute atomic E-state index is 0.666. The summed E-state index contributed by atoms with van der Waals surface area (Å²) in [6.07, 6.45) is 1.25. The lowest BCUT2D eigenvalue weighted by Gasteiger charge is -2.25. The molecule has 0 aliphatic carbocycles. The molecule has 0 rings (SSSR count). The molecule has 1 atom stereocenters. The Hall–Kier alpha value is -0.0800. The Morgan fingerprint density at radius 1 is 1.00 bits per heavy atom. The van der Waals surface area contributed by atoms with E-state index in [1.807, 2.05) is 0 Å². The summed E-state index contributed by atoms with van der Waals surface area (Å²) in [5.74, 6) is 0. The van der Waals surface area contributed by atoms with Crippen molar-refractivity contribution in [1.29, 1.82) is 0 Å². The lowest BCUT2D eigenvalue weighted by molar-refractivity contribution is 0.223. The van der Waals surface area contributed by atoms with Gasteiger partial charge in [-0.3, -0.25) is 0 Å². The molecule has 0 N–H and O–H groups in total. The van der Waals surface area contributed by atoms with Crippen molar-refractivity contribution in [3.63, 3.8) is 0 Å².